The Morgan fingerprint density at radius 3 is 2.48 bits per heavy atom. The number of hydrogen-bond donors (Lipinski definition) is 0. The van der Waals surface area contributed by atoms with Crippen molar-refractivity contribution < 1.29 is 17.9 Å². The number of carbonyl (C=O) groups is 1. The highest BCUT2D eigenvalue weighted by atomic mass is 32.2. The third kappa shape index (κ3) is 5.12. The smallest absolute Gasteiger partial charge is 0.279 e. The molecule has 3 rings (SSSR count). The lowest BCUT2D eigenvalue weighted by molar-refractivity contribution is 0.0996. The highest BCUT2D eigenvalue weighted by Crippen LogP contribution is 2.19. The van der Waals surface area contributed by atoms with Gasteiger partial charge in [0, 0.05) is 31.8 Å². The normalized spacial score (nSPS) is 12.9. The largest absolute Gasteiger partial charge is 0.380 e. The van der Waals surface area contributed by atoms with Gasteiger partial charge < -0.3 is 9.30 Å². The molecule has 0 fully saturated rings. The number of ether oxygens (including phenoxy) is 1. The molecule has 0 saturated carbocycles. The topological polar surface area (TPSA) is 81.0 Å². The summed E-state index contributed by atoms with van der Waals surface area (Å²) >= 11 is 1.44. The Balaban J connectivity index is 1.94. The van der Waals surface area contributed by atoms with Gasteiger partial charge in [-0.3, -0.25) is 4.79 Å². The van der Waals surface area contributed by atoms with E-state index < -0.39 is 15.9 Å². The predicted molar refractivity (Wildman–Crippen MR) is 123 cm³/mol. The molecule has 0 bridgehead atoms. The summed E-state index contributed by atoms with van der Waals surface area (Å²) in [4.78, 5) is 17.9. The van der Waals surface area contributed by atoms with Crippen LogP contribution in [0.5, 0.6) is 0 Å². The van der Waals surface area contributed by atoms with Crippen molar-refractivity contribution in [2.45, 2.75) is 38.3 Å². The first-order valence-corrected chi connectivity index (χ1v) is 12.3. The van der Waals surface area contributed by atoms with Crippen molar-refractivity contribution in [2.24, 2.45) is 4.99 Å². The molecule has 31 heavy (non-hydrogen) atoms. The molecule has 166 valence electrons. The monoisotopic (exact) mass is 461 g/mol. The maximum Gasteiger partial charge on any atom is 0.279 e. The van der Waals surface area contributed by atoms with Crippen LogP contribution in [0, 0.1) is 0 Å². The van der Waals surface area contributed by atoms with Gasteiger partial charge in [-0.15, -0.1) is 0 Å². The number of nitrogens with zero attached hydrogens (tertiary/aromatic N) is 3. The van der Waals surface area contributed by atoms with Gasteiger partial charge in [0.25, 0.3) is 5.91 Å². The Labute approximate surface area is 186 Å². The lowest BCUT2D eigenvalue weighted by atomic mass is 10.2. The molecule has 3 aromatic rings. The number of amides is 1. The van der Waals surface area contributed by atoms with E-state index in [1.54, 1.807) is 13.8 Å². The first-order valence-electron chi connectivity index (χ1n) is 10.1. The minimum atomic E-state index is -3.60. The zero-order valence-electron chi connectivity index (χ0n) is 18.1. The van der Waals surface area contributed by atoms with E-state index in [0.717, 1.165) is 10.2 Å². The molecular formula is C22H27N3O4S2. The highest BCUT2D eigenvalue weighted by molar-refractivity contribution is 7.89. The molecule has 0 unspecified atom stereocenters. The van der Waals surface area contributed by atoms with Crippen LogP contribution in [0.15, 0.2) is 58.4 Å². The van der Waals surface area contributed by atoms with Gasteiger partial charge in [-0.25, -0.2) is 8.42 Å². The molecule has 0 atom stereocenters. The molecule has 9 heteroatoms. The van der Waals surface area contributed by atoms with E-state index in [4.69, 9.17) is 4.74 Å². The first-order chi connectivity index (χ1) is 14.8. The Morgan fingerprint density at radius 2 is 1.84 bits per heavy atom. The maximum absolute atomic E-state index is 12.8. The Kier molecular flexibility index (Phi) is 7.42. The van der Waals surface area contributed by atoms with Crippen LogP contribution in [0.3, 0.4) is 0 Å². The quantitative estimate of drug-likeness (QED) is 0.481. The molecule has 0 radical (unpaired) electrons. The van der Waals surface area contributed by atoms with E-state index in [1.165, 1.54) is 47.0 Å². The van der Waals surface area contributed by atoms with Crippen LogP contribution in [-0.2, 0) is 21.3 Å². The van der Waals surface area contributed by atoms with Gasteiger partial charge in [-0.1, -0.05) is 23.5 Å². The van der Waals surface area contributed by atoms with Gasteiger partial charge in [0.05, 0.1) is 21.7 Å². The third-order valence-electron chi connectivity index (χ3n) is 4.95. The van der Waals surface area contributed by atoms with Gasteiger partial charge in [-0.05, 0) is 57.2 Å². The molecular weight excluding hydrogens is 434 g/mol. The van der Waals surface area contributed by atoms with Gasteiger partial charge >= 0.3 is 0 Å². The number of para-hydroxylation sites is 1. The molecule has 0 aliphatic heterocycles. The summed E-state index contributed by atoms with van der Waals surface area (Å²) < 4.78 is 35.0. The number of rotatable bonds is 8. The second-order valence-corrected chi connectivity index (χ2v) is 10.3. The summed E-state index contributed by atoms with van der Waals surface area (Å²) in [5, 5.41) is 0. The fourth-order valence-corrected chi connectivity index (χ4v) is 5.41. The maximum atomic E-state index is 12.8. The molecule has 0 N–H and O–H groups in total. The zero-order chi connectivity index (χ0) is 22.6. The van der Waals surface area contributed by atoms with Crippen molar-refractivity contribution >= 4 is 37.5 Å². The van der Waals surface area contributed by atoms with Crippen molar-refractivity contribution in [1.29, 1.82) is 0 Å². The van der Waals surface area contributed by atoms with Gasteiger partial charge in [0.2, 0.25) is 10.0 Å². The molecule has 0 aliphatic carbocycles. The van der Waals surface area contributed by atoms with Crippen LogP contribution in [0.4, 0.5) is 0 Å². The summed E-state index contributed by atoms with van der Waals surface area (Å²) in [6, 6.07) is 13.6. The predicted octanol–water partition coefficient (Wildman–Crippen LogP) is 3.51. The molecule has 1 heterocycles. The molecule has 0 aliphatic rings. The third-order valence-corrected chi connectivity index (χ3v) is 8.06. The number of benzene rings is 2. The average Bonchev–Trinajstić information content (AvgIpc) is 3.10. The first kappa shape index (κ1) is 23.3. The summed E-state index contributed by atoms with van der Waals surface area (Å²) in [7, 11) is -2.06. The number of thiazole rings is 1. The molecule has 1 aromatic heterocycles. The van der Waals surface area contributed by atoms with Crippen molar-refractivity contribution in [3.8, 4) is 0 Å². The van der Waals surface area contributed by atoms with E-state index >= 15 is 0 Å². The lowest BCUT2D eigenvalue weighted by Crippen LogP contribution is -2.33. The van der Waals surface area contributed by atoms with Crippen LogP contribution in [0.25, 0.3) is 10.2 Å². The van der Waals surface area contributed by atoms with Crippen molar-refractivity contribution in [1.82, 2.24) is 8.87 Å². The zero-order valence-corrected chi connectivity index (χ0v) is 19.7. The molecule has 0 spiro atoms. The lowest BCUT2D eigenvalue weighted by Gasteiger charge is -2.20. The van der Waals surface area contributed by atoms with Crippen LogP contribution in [0.1, 0.15) is 31.1 Å². The summed E-state index contributed by atoms with van der Waals surface area (Å²) in [6.45, 7) is 7.28. The van der Waals surface area contributed by atoms with Crippen LogP contribution < -0.4 is 4.80 Å². The highest BCUT2D eigenvalue weighted by Gasteiger charge is 2.23. The van der Waals surface area contributed by atoms with Crippen LogP contribution >= 0.6 is 11.3 Å². The van der Waals surface area contributed by atoms with Gasteiger partial charge in [0.1, 0.15) is 0 Å². The Morgan fingerprint density at radius 1 is 1.16 bits per heavy atom. The van der Waals surface area contributed by atoms with Gasteiger partial charge in [0.15, 0.2) is 4.80 Å². The minimum absolute atomic E-state index is 0.147. The number of hydrogen-bond acceptors (Lipinski definition) is 5. The van der Waals surface area contributed by atoms with Crippen molar-refractivity contribution in [2.75, 3.05) is 20.3 Å². The van der Waals surface area contributed by atoms with E-state index in [9.17, 15) is 13.2 Å². The second-order valence-electron chi connectivity index (χ2n) is 7.26. The van der Waals surface area contributed by atoms with Crippen molar-refractivity contribution in [3.63, 3.8) is 0 Å². The summed E-state index contributed by atoms with van der Waals surface area (Å²) in [5.74, 6) is -0.419. The van der Waals surface area contributed by atoms with Crippen LogP contribution in [0.2, 0.25) is 0 Å². The molecule has 0 saturated heterocycles. The molecule has 2 aromatic carbocycles. The summed E-state index contributed by atoms with van der Waals surface area (Å²) in [6.07, 6.45) is 0. The second kappa shape index (κ2) is 9.86. The average molecular weight is 462 g/mol. The fraction of sp³-hybridized carbons (Fsp3) is 0.364. The van der Waals surface area contributed by atoms with Gasteiger partial charge in [-0.2, -0.15) is 9.30 Å². The number of carbonyl (C=O) groups excluding carboxylic acids is 1. The number of fused-ring (bicyclic) bond motifs is 1. The number of sulfonamides is 1. The SMILES string of the molecule is CCOCCn1c(=NC(=O)c2ccc(S(=O)(=O)N(C)C(C)C)cc2)sc2ccccc21. The molecule has 1 amide bonds. The van der Waals surface area contributed by atoms with Crippen LogP contribution in [-0.4, -0.2) is 49.5 Å². The number of aromatic nitrogens is 1. The van der Waals surface area contributed by atoms with E-state index in [1.807, 2.05) is 35.8 Å². The standard InChI is InChI=1S/C22H27N3O4S2/c1-5-29-15-14-25-19-8-6-7-9-20(19)30-22(25)23-21(26)17-10-12-18(13-11-17)31(27,28)24(4)16(2)3/h6-13,16H,5,14-15H2,1-4H3. The van der Waals surface area contributed by atoms with E-state index in [0.29, 0.717) is 30.1 Å². The Hall–Kier alpha value is -2.33. The van der Waals surface area contributed by atoms with E-state index in [2.05, 4.69) is 4.99 Å². The minimum Gasteiger partial charge on any atom is -0.380 e. The van der Waals surface area contributed by atoms with Crippen molar-refractivity contribution in [3.05, 3.63) is 58.9 Å². The van der Waals surface area contributed by atoms with E-state index in [-0.39, 0.29) is 10.9 Å². The summed E-state index contributed by atoms with van der Waals surface area (Å²) in [5.41, 5.74) is 1.33. The fourth-order valence-electron chi connectivity index (χ4n) is 2.99. The molecule has 7 nitrogen and oxygen atoms in total. The Bertz CT molecular complexity index is 1230.